The highest BCUT2D eigenvalue weighted by Gasteiger charge is 2.37. The second-order valence-corrected chi connectivity index (χ2v) is 7.33. The van der Waals surface area contributed by atoms with Gasteiger partial charge in [0.05, 0.1) is 28.6 Å². The average molecular weight is 296 g/mol. The highest BCUT2D eigenvalue weighted by Crippen LogP contribution is 2.19. The van der Waals surface area contributed by atoms with Crippen molar-refractivity contribution in [1.29, 1.82) is 0 Å². The molecule has 0 spiro atoms. The summed E-state index contributed by atoms with van der Waals surface area (Å²) >= 11 is 6.86. The molecule has 1 amide bonds. The van der Waals surface area contributed by atoms with Gasteiger partial charge in [0.15, 0.2) is 9.84 Å². The third-order valence-corrected chi connectivity index (χ3v) is 5.66. The molecule has 2 heterocycles. The van der Waals surface area contributed by atoms with Gasteiger partial charge >= 0.3 is 0 Å². The predicted molar refractivity (Wildman–Crippen MR) is 64.2 cm³/mol. The van der Waals surface area contributed by atoms with Gasteiger partial charge in [-0.1, -0.05) is 4.49 Å². The minimum absolute atomic E-state index is 0.0978. The minimum atomic E-state index is -3.14. The molecule has 1 aromatic rings. The number of sulfone groups is 1. The molecule has 17 heavy (non-hydrogen) atoms. The first kappa shape index (κ1) is 12.7. The van der Waals surface area contributed by atoms with Crippen LogP contribution in [0.4, 0.5) is 0 Å². The molecule has 0 aromatic carbocycles. The topological polar surface area (TPSA) is 89.0 Å². The molecule has 0 radical (unpaired) electrons. The summed E-state index contributed by atoms with van der Waals surface area (Å²) in [5.74, 6) is -0.581. The Morgan fingerprint density at radius 2 is 2.24 bits per heavy atom. The summed E-state index contributed by atoms with van der Waals surface area (Å²) in [7, 11) is -3.14. The molecule has 94 valence electrons. The summed E-state index contributed by atoms with van der Waals surface area (Å²) in [6, 6.07) is -0.546. The zero-order valence-corrected chi connectivity index (χ0v) is 11.3. The number of hydrogen-bond donors (Lipinski definition) is 1. The van der Waals surface area contributed by atoms with E-state index in [0.717, 1.165) is 11.5 Å². The zero-order chi connectivity index (χ0) is 12.6. The van der Waals surface area contributed by atoms with Crippen molar-refractivity contribution in [2.24, 2.45) is 0 Å². The SMILES string of the molecule is Cc1nnsc1C(=O)NC1CS(=O)(=O)CC1Cl. The molecular formula is C8H10ClN3O3S2. The first-order chi connectivity index (χ1) is 7.89. The van der Waals surface area contributed by atoms with Crippen LogP contribution in [0.5, 0.6) is 0 Å². The normalized spacial score (nSPS) is 26.9. The molecule has 2 rings (SSSR count). The fourth-order valence-corrected chi connectivity index (χ4v) is 4.72. The lowest BCUT2D eigenvalue weighted by Crippen LogP contribution is -2.40. The Morgan fingerprint density at radius 3 is 2.71 bits per heavy atom. The molecule has 0 saturated carbocycles. The van der Waals surface area contributed by atoms with E-state index in [2.05, 4.69) is 14.9 Å². The third-order valence-electron chi connectivity index (χ3n) is 2.46. The van der Waals surface area contributed by atoms with Gasteiger partial charge < -0.3 is 5.32 Å². The van der Waals surface area contributed by atoms with E-state index >= 15 is 0 Å². The molecule has 0 aliphatic carbocycles. The number of rotatable bonds is 2. The molecular weight excluding hydrogens is 286 g/mol. The van der Waals surface area contributed by atoms with Crippen molar-refractivity contribution in [1.82, 2.24) is 14.9 Å². The number of aryl methyl sites for hydroxylation is 1. The van der Waals surface area contributed by atoms with Crippen molar-refractivity contribution in [3.63, 3.8) is 0 Å². The molecule has 1 aromatic heterocycles. The molecule has 6 nitrogen and oxygen atoms in total. The number of carbonyl (C=O) groups is 1. The average Bonchev–Trinajstić information content (AvgIpc) is 2.71. The summed E-state index contributed by atoms with van der Waals surface area (Å²) < 4.78 is 26.3. The van der Waals surface area contributed by atoms with Crippen LogP contribution in [0.1, 0.15) is 15.4 Å². The number of hydrogen-bond acceptors (Lipinski definition) is 6. The van der Waals surface area contributed by atoms with Crippen molar-refractivity contribution in [3.05, 3.63) is 10.6 Å². The van der Waals surface area contributed by atoms with Gasteiger partial charge in [0, 0.05) is 0 Å². The van der Waals surface area contributed by atoms with E-state index in [9.17, 15) is 13.2 Å². The lowest BCUT2D eigenvalue weighted by molar-refractivity contribution is 0.0945. The molecule has 2 unspecified atom stereocenters. The summed E-state index contributed by atoms with van der Waals surface area (Å²) in [5.41, 5.74) is 0.527. The maximum absolute atomic E-state index is 11.8. The molecule has 9 heteroatoms. The minimum Gasteiger partial charge on any atom is -0.346 e. The standard InChI is InChI=1S/C8H10ClN3O3S2/c1-4-7(16-12-11-4)8(13)10-6-3-17(14,15)2-5(6)9/h5-6H,2-3H2,1H3,(H,10,13). The van der Waals surface area contributed by atoms with E-state index in [1.165, 1.54) is 0 Å². The van der Waals surface area contributed by atoms with Gasteiger partial charge in [0.2, 0.25) is 0 Å². The number of nitrogens with one attached hydrogen (secondary N) is 1. The van der Waals surface area contributed by atoms with E-state index in [1.54, 1.807) is 6.92 Å². The van der Waals surface area contributed by atoms with Crippen LogP contribution < -0.4 is 5.32 Å². The number of amides is 1. The first-order valence-electron chi connectivity index (χ1n) is 4.83. The second-order valence-electron chi connectivity index (χ2n) is 3.86. The van der Waals surface area contributed by atoms with Crippen molar-refractivity contribution >= 4 is 38.9 Å². The molecule has 1 aliphatic heterocycles. The van der Waals surface area contributed by atoms with Crippen LogP contribution in [0.3, 0.4) is 0 Å². The quantitative estimate of drug-likeness (QED) is 0.775. The Morgan fingerprint density at radius 1 is 1.53 bits per heavy atom. The summed E-state index contributed by atoms with van der Waals surface area (Å²) in [6.07, 6.45) is 0. The van der Waals surface area contributed by atoms with Crippen LogP contribution in [0.2, 0.25) is 0 Å². The second kappa shape index (κ2) is 4.51. The van der Waals surface area contributed by atoms with Crippen LogP contribution in [-0.2, 0) is 9.84 Å². The fraction of sp³-hybridized carbons (Fsp3) is 0.625. The number of alkyl halides is 1. The van der Waals surface area contributed by atoms with Crippen molar-refractivity contribution in [3.8, 4) is 0 Å². The molecule has 2 atom stereocenters. The van der Waals surface area contributed by atoms with E-state index in [4.69, 9.17) is 11.6 Å². The maximum atomic E-state index is 11.8. The highest BCUT2D eigenvalue weighted by molar-refractivity contribution is 7.91. The van der Waals surface area contributed by atoms with Gasteiger partial charge in [0.25, 0.3) is 5.91 Å². The predicted octanol–water partition coefficient (Wildman–Crippen LogP) is -0.0193. The van der Waals surface area contributed by atoms with Crippen LogP contribution in [0.25, 0.3) is 0 Å². The van der Waals surface area contributed by atoms with Crippen LogP contribution in [0, 0.1) is 6.92 Å². The van der Waals surface area contributed by atoms with E-state index in [0.29, 0.717) is 10.6 Å². The Labute approximate surface area is 107 Å². The van der Waals surface area contributed by atoms with Gasteiger partial charge in [-0.05, 0) is 18.5 Å². The number of nitrogens with zero attached hydrogens (tertiary/aromatic N) is 2. The highest BCUT2D eigenvalue weighted by atomic mass is 35.5. The van der Waals surface area contributed by atoms with E-state index < -0.39 is 21.3 Å². The zero-order valence-electron chi connectivity index (χ0n) is 8.88. The fourth-order valence-electron chi connectivity index (χ4n) is 1.61. The maximum Gasteiger partial charge on any atom is 0.265 e. The lowest BCUT2D eigenvalue weighted by Gasteiger charge is -2.13. The van der Waals surface area contributed by atoms with Crippen LogP contribution in [0.15, 0.2) is 0 Å². The first-order valence-corrected chi connectivity index (χ1v) is 7.86. The van der Waals surface area contributed by atoms with Crippen LogP contribution >= 0.6 is 23.1 Å². The summed E-state index contributed by atoms with van der Waals surface area (Å²) in [6.45, 7) is 1.67. The smallest absolute Gasteiger partial charge is 0.265 e. The van der Waals surface area contributed by atoms with Gasteiger partial charge in [-0.25, -0.2) is 8.42 Å². The Bertz CT molecular complexity index is 542. The van der Waals surface area contributed by atoms with E-state index in [1.807, 2.05) is 0 Å². The molecule has 1 saturated heterocycles. The Hall–Kier alpha value is -0.730. The van der Waals surface area contributed by atoms with Crippen molar-refractivity contribution in [2.45, 2.75) is 18.3 Å². The summed E-state index contributed by atoms with van der Waals surface area (Å²) in [4.78, 5) is 12.2. The van der Waals surface area contributed by atoms with Gasteiger partial charge in [-0.15, -0.1) is 16.7 Å². The third kappa shape index (κ3) is 2.75. The van der Waals surface area contributed by atoms with E-state index in [-0.39, 0.29) is 17.4 Å². The molecule has 1 aliphatic rings. The number of halogens is 1. The van der Waals surface area contributed by atoms with Crippen molar-refractivity contribution in [2.75, 3.05) is 11.5 Å². The molecule has 1 fully saturated rings. The largest absolute Gasteiger partial charge is 0.346 e. The molecule has 0 bridgehead atoms. The number of carbonyl (C=O) groups excluding carboxylic acids is 1. The monoisotopic (exact) mass is 295 g/mol. The lowest BCUT2D eigenvalue weighted by atomic mass is 10.2. The Kier molecular flexibility index (Phi) is 3.37. The number of aromatic nitrogens is 2. The van der Waals surface area contributed by atoms with Crippen LogP contribution in [-0.4, -0.2) is 46.8 Å². The van der Waals surface area contributed by atoms with Crippen molar-refractivity contribution < 1.29 is 13.2 Å². The Balaban J connectivity index is 2.08. The summed E-state index contributed by atoms with van der Waals surface area (Å²) in [5, 5.41) is 5.75. The van der Waals surface area contributed by atoms with Gasteiger partial charge in [-0.3, -0.25) is 4.79 Å². The van der Waals surface area contributed by atoms with Gasteiger partial charge in [-0.2, -0.15) is 0 Å². The molecule has 1 N–H and O–H groups in total. The van der Waals surface area contributed by atoms with Gasteiger partial charge in [0.1, 0.15) is 4.88 Å².